The number of ether oxygens (including phenoxy) is 1. The van der Waals surface area contributed by atoms with Gasteiger partial charge in [-0.05, 0) is 67.4 Å². The summed E-state index contributed by atoms with van der Waals surface area (Å²) in [5, 5.41) is 0.781. The van der Waals surface area contributed by atoms with Crippen LogP contribution in [0.1, 0.15) is 19.4 Å². The molecule has 0 spiro atoms. The van der Waals surface area contributed by atoms with E-state index in [1.165, 1.54) is 24.3 Å². The summed E-state index contributed by atoms with van der Waals surface area (Å²) < 4.78 is 35.3. The van der Waals surface area contributed by atoms with Crippen molar-refractivity contribution in [3.63, 3.8) is 0 Å². The highest BCUT2D eigenvalue weighted by Gasteiger charge is 2.20. The van der Waals surface area contributed by atoms with Crippen molar-refractivity contribution < 1.29 is 18.3 Å². The van der Waals surface area contributed by atoms with E-state index in [2.05, 4.69) is 0 Å². The van der Waals surface area contributed by atoms with Crippen LogP contribution in [-0.2, 0) is 6.54 Å². The highest BCUT2D eigenvalue weighted by molar-refractivity contribution is 6.31. The lowest BCUT2D eigenvalue weighted by Gasteiger charge is -2.20. The van der Waals surface area contributed by atoms with E-state index < -0.39 is 11.9 Å². The van der Waals surface area contributed by atoms with E-state index in [1.54, 1.807) is 23.1 Å². The SMILES string of the molecule is CCN(CC)C(=O)Oc1ccc2c(ccn2Cc2cccc(F)c2)c1-c1ccc(F)c(Cl)c1. The Balaban J connectivity index is 1.83. The third-order valence-electron chi connectivity index (χ3n) is 5.58. The first-order valence-corrected chi connectivity index (χ1v) is 11.1. The van der Waals surface area contributed by atoms with Crippen LogP contribution in [0.4, 0.5) is 13.6 Å². The van der Waals surface area contributed by atoms with Gasteiger partial charge in [0.25, 0.3) is 0 Å². The van der Waals surface area contributed by atoms with Crippen molar-refractivity contribution in [3.05, 3.63) is 89.1 Å². The zero-order valence-corrected chi connectivity index (χ0v) is 19.1. The topological polar surface area (TPSA) is 34.5 Å². The standard InChI is InChI=1S/C26H23ClF2N2O2/c1-3-30(4-2)26(32)33-24-11-10-23-20(25(24)18-8-9-22(29)21(27)15-18)12-13-31(23)16-17-6-5-7-19(28)14-17/h5-15H,3-4,16H2,1-2H3. The first-order chi connectivity index (χ1) is 15.9. The third kappa shape index (κ3) is 4.71. The van der Waals surface area contributed by atoms with Gasteiger partial charge in [-0.1, -0.05) is 29.8 Å². The van der Waals surface area contributed by atoms with Gasteiger partial charge in [-0.2, -0.15) is 0 Å². The van der Waals surface area contributed by atoms with E-state index in [9.17, 15) is 13.6 Å². The number of carbonyl (C=O) groups excluding carboxylic acids is 1. The molecule has 1 amide bonds. The third-order valence-corrected chi connectivity index (χ3v) is 5.87. The van der Waals surface area contributed by atoms with Crippen molar-refractivity contribution >= 4 is 28.6 Å². The molecule has 1 heterocycles. The predicted molar refractivity (Wildman–Crippen MR) is 127 cm³/mol. The monoisotopic (exact) mass is 468 g/mol. The quantitative estimate of drug-likeness (QED) is 0.301. The zero-order chi connectivity index (χ0) is 23.5. The Kier molecular flexibility index (Phi) is 6.65. The number of carbonyl (C=O) groups is 1. The summed E-state index contributed by atoms with van der Waals surface area (Å²) in [5.74, 6) is -0.472. The van der Waals surface area contributed by atoms with E-state index in [-0.39, 0.29) is 10.8 Å². The van der Waals surface area contributed by atoms with Crippen LogP contribution >= 0.6 is 11.6 Å². The van der Waals surface area contributed by atoms with Crippen LogP contribution in [0.2, 0.25) is 5.02 Å². The van der Waals surface area contributed by atoms with Crippen molar-refractivity contribution in [1.29, 1.82) is 0 Å². The molecule has 1 aromatic heterocycles. The molecule has 4 rings (SSSR count). The average Bonchev–Trinajstić information content (AvgIpc) is 3.19. The Bertz CT molecular complexity index is 1320. The highest BCUT2D eigenvalue weighted by atomic mass is 35.5. The second-order valence-electron chi connectivity index (χ2n) is 7.61. The van der Waals surface area contributed by atoms with E-state index in [1.807, 2.05) is 42.8 Å². The molecule has 4 aromatic rings. The summed E-state index contributed by atoms with van der Waals surface area (Å²) in [6.07, 6.45) is 1.42. The first kappa shape index (κ1) is 22.8. The fourth-order valence-corrected chi connectivity index (χ4v) is 4.08. The van der Waals surface area contributed by atoms with Crippen LogP contribution in [0.25, 0.3) is 22.0 Å². The molecule has 0 bridgehead atoms. The van der Waals surface area contributed by atoms with Gasteiger partial charge in [-0.25, -0.2) is 13.6 Å². The fraction of sp³-hybridized carbons (Fsp3) is 0.192. The average molecular weight is 469 g/mol. The summed E-state index contributed by atoms with van der Waals surface area (Å²) in [6.45, 7) is 5.24. The Morgan fingerprint density at radius 3 is 2.52 bits per heavy atom. The number of hydrogen-bond acceptors (Lipinski definition) is 2. The molecular weight excluding hydrogens is 446 g/mol. The van der Waals surface area contributed by atoms with Crippen LogP contribution < -0.4 is 4.74 Å². The minimum absolute atomic E-state index is 0.0234. The minimum atomic E-state index is -0.530. The van der Waals surface area contributed by atoms with Gasteiger partial charge in [0.2, 0.25) is 0 Å². The lowest BCUT2D eigenvalue weighted by molar-refractivity contribution is 0.157. The molecule has 0 saturated carbocycles. The van der Waals surface area contributed by atoms with Gasteiger partial charge in [0.1, 0.15) is 17.4 Å². The van der Waals surface area contributed by atoms with Crippen molar-refractivity contribution in [2.75, 3.05) is 13.1 Å². The van der Waals surface area contributed by atoms with Gasteiger partial charge >= 0.3 is 6.09 Å². The van der Waals surface area contributed by atoms with Crippen LogP contribution in [-0.4, -0.2) is 28.6 Å². The molecule has 4 nitrogen and oxygen atoms in total. The van der Waals surface area contributed by atoms with Crippen LogP contribution in [0, 0.1) is 11.6 Å². The normalized spacial score (nSPS) is 11.1. The molecule has 7 heteroatoms. The molecule has 0 fully saturated rings. The maximum Gasteiger partial charge on any atom is 0.415 e. The minimum Gasteiger partial charge on any atom is -0.410 e. The van der Waals surface area contributed by atoms with Gasteiger partial charge in [-0.3, -0.25) is 0 Å². The van der Waals surface area contributed by atoms with Crippen LogP contribution in [0.5, 0.6) is 5.75 Å². The molecule has 0 aliphatic heterocycles. The molecule has 0 unspecified atom stereocenters. The zero-order valence-electron chi connectivity index (χ0n) is 18.3. The van der Waals surface area contributed by atoms with E-state index in [0.717, 1.165) is 16.5 Å². The maximum atomic E-state index is 13.9. The molecule has 0 atom stereocenters. The molecule has 0 aliphatic rings. The van der Waals surface area contributed by atoms with Gasteiger partial charge in [0, 0.05) is 42.3 Å². The van der Waals surface area contributed by atoms with Gasteiger partial charge in [0.05, 0.1) is 5.02 Å². The maximum absolute atomic E-state index is 13.9. The lowest BCUT2D eigenvalue weighted by atomic mass is 10.0. The number of nitrogens with zero attached hydrogens (tertiary/aromatic N) is 2. The summed E-state index contributed by atoms with van der Waals surface area (Å²) in [4.78, 5) is 14.2. The molecule has 3 aromatic carbocycles. The number of rotatable bonds is 6. The molecule has 0 aliphatic carbocycles. The van der Waals surface area contributed by atoms with Gasteiger partial charge in [0.15, 0.2) is 0 Å². The number of fused-ring (bicyclic) bond motifs is 1. The van der Waals surface area contributed by atoms with Gasteiger partial charge < -0.3 is 14.2 Å². The fourth-order valence-electron chi connectivity index (χ4n) is 3.90. The largest absolute Gasteiger partial charge is 0.415 e. The highest BCUT2D eigenvalue weighted by Crippen LogP contribution is 2.39. The Morgan fingerprint density at radius 2 is 1.82 bits per heavy atom. The number of aromatic nitrogens is 1. The van der Waals surface area contributed by atoms with E-state index >= 15 is 0 Å². The summed E-state index contributed by atoms with van der Waals surface area (Å²) in [6, 6.07) is 16.3. The smallest absolute Gasteiger partial charge is 0.410 e. The summed E-state index contributed by atoms with van der Waals surface area (Å²) in [5.41, 5.74) is 2.93. The molecule has 33 heavy (non-hydrogen) atoms. The molecule has 0 radical (unpaired) electrons. The summed E-state index contributed by atoms with van der Waals surface area (Å²) in [7, 11) is 0. The van der Waals surface area contributed by atoms with Crippen LogP contribution in [0.3, 0.4) is 0 Å². The van der Waals surface area contributed by atoms with Crippen molar-refractivity contribution in [2.45, 2.75) is 20.4 Å². The van der Waals surface area contributed by atoms with Crippen molar-refractivity contribution in [1.82, 2.24) is 9.47 Å². The molecule has 0 saturated heterocycles. The number of amides is 1. The number of hydrogen-bond donors (Lipinski definition) is 0. The Labute approximate surface area is 196 Å². The lowest BCUT2D eigenvalue weighted by Crippen LogP contribution is -2.33. The Hall–Kier alpha value is -3.38. The summed E-state index contributed by atoms with van der Waals surface area (Å²) >= 11 is 6.06. The predicted octanol–water partition coefficient (Wildman–Crippen LogP) is 7.13. The first-order valence-electron chi connectivity index (χ1n) is 10.7. The van der Waals surface area contributed by atoms with E-state index in [0.29, 0.717) is 36.5 Å². The second-order valence-corrected chi connectivity index (χ2v) is 8.02. The Morgan fingerprint density at radius 1 is 1.03 bits per heavy atom. The molecular formula is C26H23ClF2N2O2. The van der Waals surface area contributed by atoms with Crippen molar-refractivity contribution in [2.24, 2.45) is 0 Å². The second kappa shape index (κ2) is 9.63. The van der Waals surface area contributed by atoms with Gasteiger partial charge in [-0.15, -0.1) is 0 Å². The van der Waals surface area contributed by atoms with E-state index in [4.69, 9.17) is 16.3 Å². The van der Waals surface area contributed by atoms with Crippen LogP contribution in [0.15, 0.2) is 66.9 Å². The molecule has 170 valence electrons. The van der Waals surface area contributed by atoms with Crippen molar-refractivity contribution in [3.8, 4) is 16.9 Å². The number of halogens is 3. The molecule has 0 N–H and O–H groups in total. The number of benzene rings is 3.